The summed E-state index contributed by atoms with van der Waals surface area (Å²) in [5.74, 6) is 0.799. The van der Waals surface area contributed by atoms with Gasteiger partial charge < -0.3 is 24.0 Å². The number of ether oxygens (including phenoxy) is 3. The number of hydrogen-bond donors (Lipinski definition) is 1. The summed E-state index contributed by atoms with van der Waals surface area (Å²) in [6, 6.07) is 8.43. The van der Waals surface area contributed by atoms with Crippen molar-refractivity contribution in [1.29, 1.82) is 0 Å². The topological polar surface area (TPSA) is 76.9 Å². The number of alkyl halides is 1. The summed E-state index contributed by atoms with van der Waals surface area (Å²) < 4.78 is 31.7. The van der Waals surface area contributed by atoms with E-state index < -0.39 is 19.3 Å². The molecule has 4 atom stereocenters. The Labute approximate surface area is 186 Å². The van der Waals surface area contributed by atoms with E-state index in [0.717, 1.165) is 12.8 Å². The van der Waals surface area contributed by atoms with Gasteiger partial charge in [-0.25, -0.2) is 4.39 Å². The molecule has 3 heterocycles. The molecule has 4 rings (SSSR count). The first-order chi connectivity index (χ1) is 15.0. The molecule has 1 N–H and O–H groups in total. The van der Waals surface area contributed by atoms with Crippen LogP contribution in [0.2, 0.25) is 11.8 Å². The SMILES string of the molecule is COCOc1cc(Cl)ccc1-c1ccc(O[C@@H]2CC3CCCC([C@H]2F)N3B(C)O)nn1. The summed E-state index contributed by atoms with van der Waals surface area (Å²) in [6.45, 7) is 1.78. The largest absolute Gasteiger partial charge is 0.470 e. The minimum atomic E-state index is -1.20. The molecule has 2 aliphatic rings. The van der Waals surface area contributed by atoms with Gasteiger partial charge in [-0.1, -0.05) is 18.0 Å². The maximum Gasteiger partial charge on any atom is 0.376 e. The fraction of sp³-hybridized carbons (Fsp3) is 0.524. The molecule has 166 valence electrons. The molecular formula is C21H26BClFN3O4. The van der Waals surface area contributed by atoms with E-state index >= 15 is 4.39 Å². The normalized spacial score (nSPS) is 25.8. The summed E-state index contributed by atoms with van der Waals surface area (Å²) in [6.07, 6.45) is 1.32. The molecule has 2 unspecified atom stereocenters. The van der Waals surface area contributed by atoms with Gasteiger partial charge in [0.05, 0.1) is 5.69 Å². The number of benzene rings is 1. The third-order valence-corrected chi connectivity index (χ3v) is 6.20. The lowest BCUT2D eigenvalue weighted by atomic mass is 9.71. The second-order valence-corrected chi connectivity index (χ2v) is 8.45. The van der Waals surface area contributed by atoms with Crippen molar-refractivity contribution < 1.29 is 23.6 Å². The van der Waals surface area contributed by atoms with Crippen LogP contribution in [-0.4, -0.2) is 65.3 Å². The average Bonchev–Trinajstić information content (AvgIpc) is 2.76. The fourth-order valence-corrected chi connectivity index (χ4v) is 4.83. The number of rotatable bonds is 7. The number of nitrogens with zero attached hydrogens (tertiary/aromatic N) is 3. The van der Waals surface area contributed by atoms with Crippen LogP contribution in [0.15, 0.2) is 30.3 Å². The molecule has 2 fully saturated rings. The Hall–Kier alpha value is -1.94. The van der Waals surface area contributed by atoms with E-state index in [1.807, 2.05) is 4.81 Å². The van der Waals surface area contributed by atoms with E-state index in [4.69, 9.17) is 25.8 Å². The lowest BCUT2D eigenvalue weighted by molar-refractivity contribution is -0.0454. The molecule has 0 saturated carbocycles. The van der Waals surface area contributed by atoms with Crippen molar-refractivity contribution in [3.63, 3.8) is 0 Å². The van der Waals surface area contributed by atoms with Crippen LogP contribution in [0.3, 0.4) is 0 Å². The van der Waals surface area contributed by atoms with E-state index in [2.05, 4.69) is 10.2 Å². The van der Waals surface area contributed by atoms with Crippen LogP contribution in [0, 0.1) is 0 Å². The third-order valence-electron chi connectivity index (χ3n) is 5.96. The van der Waals surface area contributed by atoms with E-state index in [1.54, 1.807) is 37.2 Å². The minimum absolute atomic E-state index is 0.0767. The molecule has 1 aromatic heterocycles. The van der Waals surface area contributed by atoms with Gasteiger partial charge in [0.2, 0.25) is 5.88 Å². The van der Waals surface area contributed by atoms with Gasteiger partial charge in [-0.2, -0.15) is 0 Å². The predicted octanol–water partition coefficient (Wildman–Crippen LogP) is 3.60. The standard InChI is InChI=1S/C21H26BClFN3O4/c1-22(28)27-14-4-3-5-17(27)21(24)19(11-14)31-20-9-8-16(25-26-20)15-7-6-13(23)10-18(15)30-12-29-2/h6-10,14,17,19,21,28H,3-5,11-12H2,1-2H3/t14?,17?,19-,21-/m1/s1. The second kappa shape index (κ2) is 9.69. The first-order valence-electron chi connectivity index (χ1n) is 10.5. The highest BCUT2D eigenvalue weighted by molar-refractivity contribution is 6.45. The van der Waals surface area contributed by atoms with Crippen LogP contribution < -0.4 is 9.47 Å². The van der Waals surface area contributed by atoms with Crippen molar-refractivity contribution in [2.24, 2.45) is 0 Å². The van der Waals surface area contributed by atoms with Gasteiger partial charge in [0.15, 0.2) is 13.0 Å². The Kier molecular flexibility index (Phi) is 6.96. The van der Waals surface area contributed by atoms with Gasteiger partial charge in [-0.15, -0.1) is 10.2 Å². The quantitative estimate of drug-likeness (QED) is 0.511. The van der Waals surface area contributed by atoms with Gasteiger partial charge >= 0.3 is 7.05 Å². The van der Waals surface area contributed by atoms with Crippen molar-refractivity contribution in [2.45, 2.75) is 56.9 Å². The lowest BCUT2D eigenvalue weighted by Crippen LogP contribution is -2.64. The van der Waals surface area contributed by atoms with Crippen LogP contribution in [0.25, 0.3) is 11.3 Å². The summed E-state index contributed by atoms with van der Waals surface area (Å²) in [7, 11) is 0.871. The molecule has 0 radical (unpaired) electrons. The fourth-order valence-electron chi connectivity index (χ4n) is 4.67. The Morgan fingerprint density at radius 3 is 2.81 bits per heavy atom. The number of methoxy groups -OCH3 is 1. The molecule has 0 amide bonds. The highest BCUT2D eigenvalue weighted by atomic mass is 35.5. The number of halogens is 2. The zero-order valence-corrected chi connectivity index (χ0v) is 18.3. The Balaban J connectivity index is 1.49. The first-order valence-corrected chi connectivity index (χ1v) is 10.9. The third kappa shape index (κ3) is 4.79. The highest BCUT2D eigenvalue weighted by Gasteiger charge is 2.48. The van der Waals surface area contributed by atoms with Crippen molar-refractivity contribution in [3.05, 3.63) is 35.4 Å². The maximum absolute atomic E-state index is 15.2. The number of fused-ring (bicyclic) bond motifs is 2. The van der Waals surface area contributed by atoms with Crippen LogP contribution in [0.4, 0.5) is 4.39 Å². The lowest BCUT2D eigenvalue weighted by Gasteiger charge is -2.50. The van der Waals surface area contributed by atoms with Crippen LogP contribution in [0.5, 0.6) is 11.6 Å². The zero-order valence-electron chi connectivity index (χ0n) is 17.6. The molecule has 7 nitrogen and oxygen atoms in total. The predicted molar refractivity (Wildman–Crippen MR) is 116 cm³/mol. The maximum atomic E-state index is 15.2. The summed E-state index contributed by atoms with van der Waals surface area (Å²) in [5, 5.41) is 19.0. The molecule has 2 bridgehead atoms. The van der Waals surface area contributed by atoms with Crippen LogP contribution >= 0.6 is 11.6 Å². The molecule has 0 aliphatic carbocycles. The van der Waals surface area contributed by atoms with Crippen molar-refractivity contribution >= 4 is 18.7 Å². The first kappa shape index (κ1) is 22.3. The Bertz CT molecular complexity index is 891. The van der Waals surface area contributed by atoms with E-state index in [0.29, 0.717) is 34.9 Å². The number of hydrogen-bond acceptors (Lipinski definition) is 7. The number of piperidine rings is 2. The zero-order chi connectivity index (χ0) is 22.0. The van der Waals surface area contributed by atoms with Gasteiger partial charge in [-0.3, -0.25) is 0 Å². The van der Waals surface area contributed by atoms with E-state index in [1.165, 1.54) is 7.11 Å². The molecule has 10 heteroatoms. The molecule has 2 saturated heterocycles. The summed E-state index contributed by atoms with van der Waals surface area (Å²) >= 11 is 6.07. The van der Waals surface area contributed by atoms with Crippen LogP contribution in [0.1, 0.15) is 25.7 Å². The average molecular weight is 450 g/mol. The van der Waals surface area contributed by atoms with Crippen LogP contribution in [-0.2, 0) is 4.74 Å². The van der Waals surface area contributed by atoms with Crippen molar-refractivity contribution in [2.75, 3.05) is 13.9 Å². The summed E-state index contributed by atoms with van der Waals surface area (Å²) in [4.78, 5) is 1.89. The molecule has 1 aromatic carbocycles. The second-order valence-electron chi connectivity index (χ2n) is 8.02. The molecule has 2 aliphatic heterocycles. The molecule has 2 aromatic rings. The molecule has 0 spiro atoms. The number of aromatic nitrogens is 2. The van der Waals surface area contributed by atoms with Gasteiger partial charge in [-0.05, 0) is 43.9 Å². The van der Waals surface area contributed by atoms with E-state index in [-0.39, 0.29) is 24.8 Å². The van der Waals surface area contributed by atoms with Gasteiger partial charge in [0, 0.05) is 42.3 Å². The smallest absolute Gasteiger partial charge is 0.376 e. The Morgan fingerprint density at radius 2 is 2.10 bits per heavy atom. The summed E-state index contributed by atoms with van der Waals surface area (Å²) in [5.41, 5.74) is 1.29. The van der Waals surface area contributed by atoms with Crippen molar-refractivity contribution in [1.82, 2.24) is 15.0 Å². The van der Waals surface area contributed by atoms with Gasteiger partial charge in [0.25, 0.3) is 0 Å². The monoisotopic (exact) mass is 449 g/mol. The van der Waals surface area contributed by atoms with Gasteiger partial charge in [0.1, 0.15) is 11.9 Å². The highest BCUT2D eigenvalue weighted by Crippen LogP contribution is 2.38. The minimum Gasteiger partial charge on any atom is -0.470 e. The Morgan fingerprint density at radius 1 is 1.26 bits per heavy atom. The molecule has 31 heavy (non-hydrogen) atoms. The van der Waals surface area contributed by atoms with Crippen molar-refractivity contribution in [3.8, 4) is 22.9 Å². The van der Waals surface area contributed by atoms with E-state index in [9.17, 15) is 5.02 Å². The molecular weight excluding hydrogens is 424 g/mol.